The van der Waals surface area contributed by atoms with Crippen LogP contribution in [-0.4, -0.2) is 34.7 Å². The lowest BCUT2D eigenvalue weighted by molar-refractivity contribution is 0.417. The molecule has 4 aromatic rings. The predicted molar refractivity (Wildman–Crippen MR) is 100 cm³/mol. The molecular formula is C19H19N7O. The number of hydrogen-bond donors (Lipinski definition) is 1. The Bertz CT molecular complexity index is 1220. The number of benzene rings is 1. The summed E-state index contributed by atoms with van der Waals surface area (Å²) in [6, 6.07) is 7.52. The third-order valence-corrected chi connectivity index (χ3v) is 5.27. The van der Waals surface area contributed by atoms with E-state index < -0.39 is 0 Å². The molecule has 1 N–H and O–H groups in total. The standard InChI is InChI=1S/C19H19N7O/c1-11-17(20-14-6-4-3-5-13(14)18(11)27)19-21-16-8-7-12(9-26(16)23-19)15-10-25(2)24-22-15/h3-6,10,12H,7-9H2,1-2H3,(H,20,27). The summed E-state index contributed by atoms with van der Waals surface area (Å²) in [4.78, 5) is 20.8. The molecule has 1 atom stereocenters. The second-order valence-corrected chi connectivity index (χ2v) is 7.09. The lowest BCUT2D eigenvalue weighted by atomic mass is 9.97. The Morgan fingerprint density at radius 2 is 2.11 bits per heavy atom. The van der Waals surface area contributed by atoms with Crippen LogP contribution in [-0.2, 0) is 20.0 Å². The molecule has 8 nitrogen and oxygen atoms in total. The minimum atomic E-state index is 0.0181. The van der Waals surface area contributed by atoms with E-state index in [0.29, 0.717) is 22.5 Å². The highest BCUT2D eigenvalue weighted by Crippen LogP contribution is 2.28. The molecule has 4 heterocycles. The van der Waals surface area contributed by atoms with Gasteiger partial charge in [0.1, 0.15) is 5.82 Å². The summed E-state index contributed by atoms with van der Waals surface area (Å²) >= 11 is 0. The molecule has 0 spiro atoms. The Morgan fingerprint density at radius 1 is 1.26 bits per heavy atom. The lowest BCUT2D eigenvalue weighted by Gasteiger charge is -2.20. The monoisotopic (exact) mass is 361 g/mol. The van der Waals surface area contributed by atoms with Crippen LogP contribution in [0.2, 0.25) is 0 Å². The van der Waals surface area contributed by atoms with E-state index >= 15 is 0 Å². The Morgan fingerprint density at radius 3 is 2.93 bits per heavy atom. The van der Waals surface area contributed by atoms with Crippen LogP contribution in [0, 0.1) is 6.92 Å². The zero-order valence-corrected chi connectivity index (χ0v) is 15.2. The predicted octanol–water partition coefficient (Wildman–Crippen LogP) is 1.95. The van der Waals surface area contributed by atoms with Crippen molar-refractivity contribution in [3.63, 3.8) is 0 Å². The second-order valence-electron chi connectivity index (χ2n) is 7.09. The molecule has 0 saturated heterocycles. The second kappa shape index (κ2) is 5.87. The van der Waals surface area contributed by atoms with Crippen molar-refractivity contribution >= 4 is 10.9 Å². The number of nitrogens with one attached hydrogen (secondary N) is 1. The van der Waals surface area contributed by atoms with E-state index in [1.165, 1.54) is 0 Å². The first-order valence-electron chi connectivity index (χ1n) is 9.02. The number of fused-ring (bicyclic) bond motifs is 2. The molecule has 1 unspecified atom stereocenters. The molecule has 0 aliphatic carbocycles. The van der Waals surface area contributed by atoms with Crippen LogP contribution < -0.4 is 5.43 Å². The van der Waals surface area contributed by atoms with E-state index in [9.17, 15) is 4.79 Å². The minimum Gasteiger partial charge on any atom is -0.351 e. The summed E-state index contributed by atoms with van der Waals surface area (Å²) in [6.07, 6.45) is 3.74. The number of H-pyrrole nitrogens is 1. The highest BCUT2D eigenvalue weighted by Gasteiger charge is 2.26. The van der Waals surface area contributed by atoms with Crippen LogP contribution in [0.1, 0.15) is 29.4 Å². The summed E-state index contributed by atoms with van der Waals surface area (Å²) < 4.78 is 3.66. The van der Waals surface area contributed by atoms with Crippen molar-refractivity contribution in [2.75, 3.05) is 0 Å². The van der Waals surface area contributed by atoms with Crippen LogP contribution in [0.15, 0.2) is 35.3 Å². The van der Waals surface area contributed by atoms with Crippen LogP contribution in [0.3, 0.4) is 0 Å². The molecule has 0 fully saturated rings. The zero-order chi connectivity index (χ0) is 18.5. The zero-order valence-electron chi connectivity index (χ0n) is 15.2. The molecule has 8 heteroatoms. The fraction of sp³-hybridized carbons (Fsp3) is 0.316. The van der Waals surface area contributed by atoms with Gasteiger partial charge in [-0.15, -0.1) is 10.2 Å². The molecule has 27 heavy (non-hydrogen) atoms. The van der Waals surface area contributed by atoms with Crippen LogP contribution >= 0.6 is 0 Å². The molecule has 1 aliphatic rings. The molecule has 1 aromatic carbocycles. The van der Waals surface area contributed by atoms with E-state index in [1.807, 2.05) is 49.1 Å². The first-order valence-corrected chi connectivity index (χ1v) is 9.02. The molecule has 0 saturated carbocycles. The molecule has 5 rings (SSSR count). The van der Waals surface area contributed by atoms with Crippen molar-refractivity contribution in [1.29, 1.82) is 0 Å². The van der Waals surface area contributed by atoms with Gasteiger partial charge in [0.2, 0.25) is 0 Å². The quantitative estimate of drug-likeness (QED) is 0.589. The molecular weight excluding hydrogens is 342 g/mol. The van der Waals surface area contributed by atoms with E-state index in [2.05, 4.69) is 15.3 Å². The lowest BCUT2D eigenvalue weighted by Crippen LogP contribution is -2.20. The molecule has 0 amide bonds. The van der Waals surface area contributed by atoms with Crippen molar-refractivity contribution in [3.8, 4) is 11.5 Å². The van der Waals surface area contributed by atoms with Gasteiger partial charge < -0.3 is 4.98 Å². The highest BCUT2D eigenvalue weighted by atomic mass is 16.1. The summed E-state index contributed by atoms with van der Waals surface area (Å²) in [5.41, 5.74) is 3.13. The minimum absolute atomic E-state index is 0.0181. The van der Waals surface area contributed by atoms with Crippen LogP contribution in [0.4, 0.5) is 0 Å². The topological polar surface area (TPSA) is 94.3 Å². The Labute approximate surface area is 154 Å². The van der Waals surface area contributed by atoms with E-state index in [1.54, 1.807) is 4.68 Å². The van der Waals surface area contributed by atoms with Crippen molar-refractivity contribution in [2.24, 2.45) is 7.05 Å². The molecule has 0 bridgehead atoms. The number of aryl methyl sites for hydroxylation is 2. The number of rotatable bonds is 2. The van der Waals surface area contributed by atoms with E-state index in [-0.39, 0.29) is 11.3 Å². The van der Waals surface area contributed by atoms with Crippen molar-refractivity contribution < 1.29 is 0 Å². The van der Waals surface area contributed by atoms with Gasteiger partial charge in [-0.05, 0) is 25.5 Å². The van der Waals surface area contributed by atoms with Gasteiger partial charge in [-0.2, -0.15) is 0 Å². The van der Waals surface area contributed by atoms with Gasteiger partial charge in [0.05, 0.1) is 17.9 Å². The first kappa shape index (κ1) is 15.9. The van der Waals surface area contributed by atoms with Crippen molar-refractivity contribution in [1.82, 2.24) is 34.7 Å². The average Bonchev–Trinajstić information content (AvgIpc) is 3.30. The maximum Gasteiger partial charge on any atom is 0.198 e. The largest absolute Gasteiger partial charge is 0.351 e. The highest BCUT2D eigenvalue weighted by molar-refractivity contribution is 5.82. The maximum atomic E-state index is 12.7. The number of nitrogens with zero attached hydrogens (tertiary/aromatic N) is 6. The van der Waals surface area contributed by atoms with Crippen LogP contribution in [0.5, 0.6) is 0 Å². The average molecular weight is 361 g/mol. The normalized spacial score (nSPS) is 16.6. The molecule has 3 aromatic heterocycles. The van der Waals surface area contributed by atoms with Gasteiger partial charge in [-0.25, -0.2) is 9.67 Å². The van der Waals surface area contributed by atoms with Gasteiger partial charge >= 0.3 is 0 Å². The summed E-state index contributed by atoms with van der Waals surface area (Å²) in [5, 5.41) is 13.7. The number of aromatic nitrogens is 7. The molecule has 136 valence electrons. The molecule has 0 radical (unpaired) electrons. The van der Waals surface area contributed by atoms with Crippen LogP contribution in [0.25, 0.3) is 22.4 Å². The van der Waals surface area contributed by atoms with Gasteiger partial charge in [-0.1, -0.05) is 17.3 Å². The SMILES string of the molecule is Cc1c(-c2nc3n(n2)CC(c2cn(C)nn2)CC3)[nH]c2ccccc2c1=O. The number of hydrogen-bond acceptors (Lipinski definition) is 5. The van der Waals surface area contributed by atoms with Gasteiger partial charge in [0.25, 0.3) is 0 Å². The summed E-state index contributed by atoms with van der Waals surface area (Å²) in [5.74, 6) is 1.79. The maximum absolute atomic E-state index is 12.7. The first-order chi connectivity index (χ1) is 13.1. The fourth-order valence-electron chi connectivity index (χ4n) is 3.77. The summed E-state index contributed by atoms with van der Waals surface area (Å²) in [6.45, 7) is 2.54. The van der Waals surface area contributed by atoms with Crippen molar-refractivity contribution in [2.45, 2.75) is 32.2 Å². The number of pyridine rings is 1. The molecule has 1 aliphatic heterocycles. The Kier molecular flexibility index (Phi) is 3.46. The number of aromatic amines is 1. The third-order valence-electron chi connectivity index (χ3n) is 5.27. The van der Waals surface area contributed by atoms with Crippen molar-refractivity contribution in [3.05, 3.63) is 57.8 Å². The van der Waals surface area contributed by atoms with E-state index in [4.69, 9.17) is 10.1 Å². The number of para-hydroxylation sites is 1. The fourth-order valence-corrected chi connectivity index (χ4v) is 3.77. The third kappa shape index (κ3) is 2.56. The Hall–Kier alpha value is -3.29. The van der Waals surface area contributed by atoms with Gasteiger partial charge in [0.15, 0.2) is 11.3 Å². The Balaban J connectivity index is 1.55. The smallest absolute Gasteiger partial charge is 0.198 e. The summed E-state index contributed by atoms with van der Waals surface area (Å²) in [7, 11) is 1.87. The van der Waals surface area contributed by atoms with Gasteiger partial charge in [-0.3, -0.25) is 9.48 Å². The van der Waals surface area contributed by atoms with E-state index in [0.717, 1.165) is 36.4 Å². The van der Waals surface area contributed by atoms with Gasteiger partial charge in [0, 0.05) is 42.0 Å².